The molecular weight excluding hydrogens is 250 g/mol. The maximum absolute atomic E-state index is 5.70. The van der Waals surface area contributed by atoms with E-state index in [1.54, 1.807) is 0 Å². The van der Waals surface area contributed by atoms with Gasteiger partial charge in [0.2, 0.25) is 5.95 Å². The first-order valence-corrected chi connectivity index (χ1v) is 6.31. The highest BCUT2D eigenvalue weighted by molar-refractivity contribution is 5.25. The highest BCUT2D eigenvalue weighted by Gasteiger charge is 2.18. The Hall–Kier alpha value is -1.67. The van der Waals surface area contributed by atoms with Gasteiger partial charge in [-0.2, -0.15) is 9.97 Å². The molecule has 0 aromatic carbocycles. The quantitative estimate of drug-likeness (QED) is 0.588. The van der Waals surface area contributed by atoms with Crippen molar-refractivity contribution in [2.75, 3.05) is 18.6 Å². The molecule has 8 heteroatoms. The van der Waals surface area contributed by atoms with E-state index in [1.807, 2.05) is 13.8 Å². The van der Waals surface area contributed by atoms with E-state index in [4.69, 9.17) is 20.1 Å². The van der Waals surface area contributed by atoms with Crippen LogP contribution in [0.15, 0.2) is 0 Å². The average Bonchev–Trinajstić information content (AvgIpc) is 2.38. The van der Waals surface area contributed by atoms with E-state index in [0.29, 0.717) is 13.2 Å². The van der Waals surface area contributed by atoms with Crippen LogP contribution in [0.1, 0.15) is 26.7 Å². The largest absolute Gasteiger partial charge is 0.461 e. The molecular formula is C11H19N5O3. The number of aromatic nitrogens is 3. The number of nitrogen functional groups attached to an aromatic ring is 1. The van der Waals surface area contributed by atoms with Gasteiger partial charge in [-0.3, -0.25) is 5.43 Å². The van der Waals surface area contributed by atoms with Crippen LogP contribution < -0.4 is 20.7 Å². The molecule has 0 bridgehead atoms. The molecule has 1 aromatic rings. The van der Waals surface area contributed by atoms with Gasteiger partial charge in [-0.15, -0.1) is 4.98 Å². The number of hydrazine groups is 1. The molecule has 0 amide bonds. The molecule has 0 radical (unpaired) electrons. The second-order valence-electron chi connectivity index (χ2n) is 4.46. The van der Waals surface area contributed by atoms with E-state index in [9.17, 15) is 0 Å². The lowest BCUT2D eigenvalue weighted by molar-refractivity contribution is 0.0212. The summed E-state index contributed by atoms with van der Waals surface area (Å²) in [5.41, 5.74) is 2.37. The molecule has 1 saturated heterocycles. The molecule has 8 nitrogen and oxygen atoms in total. The van der Waals surface area contributed by atoms with Crippen molar-refractivity contribution in [3.63, 3.8) is 0 Å². The fourth-order valence-electron chi connectivity index (χ4n) is 1.66. The lowest BCUT2D eigenvalue weighted by Crippen LogP contribution is -2.27. The van der Waals surface area contributed by atoms with Crippen molar-refractivity contribution in [2.24, 2.45) is 5.84 Å². The third-order valence-electron chi connectivity index (χ3n) is 2.50. The second kappa shape index (κ2) is 6.48. The summed E-state index contributed by atoms with van der Waals surface area (Å²) in [6, 6.07) is 0.408. The number of anilines is 1. The standard InChI is InChI=1S/C11H19N5O3/c1-7(2)18-10-13-9(16-12)14-11(15-10)19-8-3-5-17-6-4-8/h7-8H,3-6,12H2,1-2H3,(H,13,14,15,16). The molecule has 0 spiro atoms. The van der Waals surface area contributed by atoms with E-state index in [0.717, 1.165) is 12.8 Å². The number of hydrogen-bond acceptors (Lipinski definition) is 8. The molecule has 1 fully saturated rings. The van der Waals surface area contributed by atoms with Gasteiger partial charge in [0.15, 0.2) is 0 Å². The Morgan fingerprint density at radius 3 is 2.53 bits per heavy atom. The van der Waals surface area contributed by atoms with Crippen LogP contribution in [0.2, 0.25) is 0 Å². The molecule has 0 atom stereocenters. The van der Waals surface area contributed by atoms with Crippen LogP contribution in [-0.4, -0.2) is 40.4 Å². The molecule has 0 aliphatic carbocycles. The molecule has 19 heavy (non-hydrogen) atoms. The van der Waals surface area contributed by atoms with Crippen molar-refractivity contribution < 1.29 is 14.2 Å². The maximum atomic E-state index is 5.70. The van der Waals surface area contributed by atoms with Crippen LogP contribution in [0.25, 0.3) is 0 Å². The molecule has 106 valence electrons. The first kappa shape index (κ1) is 13.8. The summed E-state index contributed by atoms with van der Waals surface area (Å²) in [6.45, 7) is 5.15. The van der Waals surface area contributed by atoms with E-state index < -0.39 is 0 Å². The molecule has 0 saturated carbocycles. The molecule has 1 aromatic heterocycles. The van der Waals surface area contributed by atoms with Crippen LogP contribution in [0, 0.1) is 0 Å². The van der Waals surface area contributed by atoms with Gasteiger partial charge >= 0.3 is 12.0 Å². The van der Waals surface area contributed by atoms with Crippen LogP contribution in [-0.2, 0) is 4.74 Å². The van der Waals surface area contributed by atoms with Crippen molar-refractivity contribution >= 4 is 5.95 Å². The Morgan fingerprint density at radius 1 is 1.21 bits per heavy atom. The van der Waals surface area contributed by atoms with Crippen molar-refractivity contribution in [1.29, 1.82) is 0 Å². The first-order valence-electron chi connectivity index (χ1n) is 6.31. The Morgan fingerprint density at radius 2 is 1.89 bits per heavy atom. The predicted octanol–water partition coefficient (Wildman–Crippen LogP) is 0.502. The van der Waals surface area contributed by atoms with Gasteiger partial charge < -0.3 is 14.2 Å². The van der Waals surface area contributed by atoms with Crippen LogP contribution >= 0.6 is 0 Å². The number of ether oxygens (including phenoxy) is 3. The highest BCUT2D eigenvalue weighted by atomic mass is 16.5. The van der Waals surface area contributed by atoms with Crippen molar-refractivity contribution in [1.82, 2.24) is 15.0 Å². The normalized spacial score (nSPS) is 16.4. The first-order chi connectivity index (χ1) is 9.17. The summed E-state index contributed by atoms with van der Waals surface area (Å²) in [5, 5.41) is 0. The zero-order chi connectivity index (χ0) is 13.7. The minimum Gasteiger partial charge on any atom is -0.461 e. The van der Waals surface area contributed by atoms with E-state index in [2.05, 4.69) is 20.4 Å². The van der Waals surface area contributed by atoms with E-state index >= 15 is 0 Å². The molecule has 0 unspecified atom stereocenters. The van der Waals surface area contributed by atoms with Gasteiger partial charge in [-0.05, 0) is 13.8 Å². The SMILES string of the molecule is CC(C)Oc1nc(NN)nc(OC2CCOCC2)n1. The smallest absolute Gasteiger partial charge is 0.324 e. The molecule has 2 rings (SSSR count). The fourth-order valence-corrected chi connectivity index (χ4v) is 1.66. The number of nitrogens with two attached hydrogens (primary N) is 1. The van der Waals surface area contributed by atoms with Crippen molar-refractivity contribution in [3.05, 3.63) is 0 Å². The second-order valence-corrected chi connectivity index (χ2v) is 4.46. The number of nitrogens with one attached hydrogen (secondary N) is 1. The molecule has 2 heterocycles. The Kier molecular flexibility index (Phi) is 4.69. The van der Waals surface area contributed by atoms with E-state index in [1.165, 1.54) is 0 Å². The third-order valence-corrected chi connectivity index (χ3v) is 2.50. The Bertz CT molecular complexity index is 409. The third kappa shape index (κ3) is 4.18. The summed E-state index contributed by atoms with van der Waals surface area (Å²) in [7, 11) is 0. The van der Waals surface area contributed by atoms with Crippen LogP contribution in [0.3, 0.4) is 0 Å². The number of hydrogen-bond donors (Lipinski definition) is 2. The number of nitrogens with zero attached hydrogens (tertiary/aromatic N) is 3. The zero-order valence-corrected chi connectivity index (χ0v) is 11.1. The Balaban J connectivity index is 2.09. The van der Waals surface area contributed by atoms with Crippen LogP contribution in [0.4, 0.5) is 5.95 Å². The van der Waals surface area contributed by atoms with Crippen LogP contribution in [0.5, 0.6) is 12.0 Å². The van der Waals surface area contributed by atoms with Gasteiger partial charge in [0, 0.05) is 12.8 Å². The topological polar surface area (TPSA) is 104 Å². The minimum atomic E-state index is -0.0380. The zero-order valence-electron chi connectivity index (χ0n) is 11.1. The number of rotatable bonds is 5. The summed E-state index contributed by atoms with van der Waals surface area (Å²) in [5.74, 6) is 5.53. The summed E-state index contributed by atoms with van der Waals surface area (Å²) >= 11 is 0. The van der Waals surface area contributed by atoms with Gasteiger partial charge in [-0.1, -0.05) is 0 Å². The molecule has 1 aliphatic heterocycles. The fraction of sp³-hybridized carbons (Fsp3) is 0.727. The van der Waals surface area contributed by atoms with Crippen molar-refractivity contribution in [3.8, 4) is 12.0 Å². The van der Waals surface area contributed by atoms with E-state index in [-0.39, 0.29) is 30.2 Å². The van der Waals surface area contributed by atoms with Gasteiger partial charge in [-0.25, -0.2) is 5.84 Å². The summed E-state index contributed by atoms with van der Waals surface area (Å²) in [6.07, 6.45) is 1.65. The lowest BCUT2D eigenvalue weighted by Gasteiger charge is -2.22. The highest BCUT2D eigenvalue weighted by Crippen LogP contribution is 2.18. The maximum Gasteiger partial charge on any atom is 0.324 e. The van der Waals surface area contributed by atoms with Gasteiger partial charge in [0.25, 0.3) is 0 Å². The summed E-state index contributed by atoms with van der Waals surface area (Å²) < 4.78 is 16.4. The van der Waals surface area contributed by atoms with Crippen molar-refractivity contribution in [2.45, 2.75) is 38.9 Å². The van der Waals surface area contributed by atoms with Gasteiger partial charge in [0.1, 0.15) is 6.10 Å². The minimum absolute atomic E-state index is 0.0380. The average molecular weight is 269 g/mol. The predicted molar refractivity (Wildman–Crippen MR) is 67.9 cm³/mol. The monoisotopic (exact) mass is 269 g/mol. The Labute approximate surface area is 111 Å². The summed E-state index contributed by atoms with van der Waals surface area (Å²) in [4.78, 5) is 12.2. The molecule has 3 N–H and O–H groups in total. The van der Waals surface area contributed by atoms with Gasteiger partial charge in [0.05, 0.1) is 19.3 Å². The molecule has 1 aliphatic rings. The lowest BCUT2D eigenvalue weighted by atomic mass is 10.2.